The molecule has 0 aromatic carbocycles. The summed E-state index contributed by atoms with van der Waals surface area (Å²) in [6.45, 7) is 5.98. The lowest BCUT2D eigenvalue weighted by molar-refractivity contribution is -0.00713. The Bertz CT molecular complexity index is 736. The number of amides is 1. The van der Waals surface area contributed by atoms with Crippen molar-refractivity contribution >= 4 is 5.91 Å². The van der Waals surface area contributed by atoms with Gasteiger partial charge in [0, 0.05) is 33.0 Å². The van der Waals surface area contributed by atoms with Gasteiger partial charge in [0.1, 0.15) is 5.69 Å². The van der Waals surface area contributed by atoms with E-state index in [9.17, 15) is 4.79 Å². The molecule has 8 nitrogen and oxygen atoms in total. The Morgan fingerprint density at radius 2 is 2.17 bits per heavy atom. The van der Waals surface area contributed by atoms with Crippen molar-refractivity contribution in [3.63, 3.8) is 0 Å². The lowest BCUT2D eigenvalue weighted by Crippen LogP contribution is -2.30. The molecule has 2 atom stereocenters. The van der Waals surface area contributed by atoms with Gasteiger partial charge in [-0.15, -0.1) is 0 Å². The average Bonchev–Trinajstić information content (AvgIpc) is 3.01. The van der Waals surface area contributed by atoms with E-state index in [4.69, 9.17) is 9.26 Å². The summed E-state index contributed by atoms with van der Waals surface area (Å²) in [5, 5.41) is 8.31. The first kappa shape index (κ1) is 15.7. The lowest BCUT2D eigenvalue weighted by atomic mass is 9.99. The predicted molar refractivity (Wildman–Crippen MR) is 80.7 cm³/mol. The first-order valence-corrected chi connectivity index (χ1v) is 7.62. The number of ether oxygens (including phenoxy) is 1. The van der Waals surface area contributed by atoms with Gasteiger partial charge in [-0.05, 0) is 13.8 Å². The van der Waals surface area contributed by atoms with E-state index in [1.165, 1.54) is 0 Å². The highest BCUT2D eigenvalue weighted by Gasteiger charge is 2.32. The largest absolute Gasteiger partial charge is 0.369 e. The zero-order valence-corrected chi connectivity index (χ0v) is 14.0. The van der Waals surface area contributed by atoms with Crippen LogP contribution in [0.25, 0.3) is 0 Å². The Morgan fingerprint density at radius 3 is 2.83 bits per heavy atom. The maximum Gasteiger partial charge on any atom is 0.272 e. The number of rotatable bonds is 3. The highest BCUT2D eigenvalue weighted by Crippen LogP contribution is 2.31. The zero-order chi connectivity index (χ0) is 16.7. The molecule has 3 heterocycles. The number of hydrogen-bond acceptors (Lipinski definition) is 6. The predicted octanol–water partition coefficient (Wildman–Crippen LogP) is 1.41. The van der Waals surface area contributed by atoms with Crippen LogP contribution in [0.15, 0.2) is 4.52 Å². The summed E-state index contributed by atoms with van der Waals surface area (Å²) in [5.74, 6) is 0.864. The van der Waals surface area contributed by atoms with Crippen LogP contribution < -0.4 is 0 Å². The van der Waals surface area contributed by atoms with Gasteiger partial charge in [0.15, 0.2) is 5.82 Å². The minimum absolute atomic E-state index is 0.0680. The van der Waals surface area contributed by atoms with E-state index in [0.29, 0.717) is 23.8 Å². The van der Waals surface area contributed by atoms with Gasteiger partial charge in [0.05, 0.1) is 24.4 Å². The summed E-state index contributed by atoms with van der Waals surface area (Å²) in [7, 11) is 3.51. The van der Waals surface area contributed by atoms with Crippen molar-refractivity contribution in [2.45, 2.75) is 45.9 Å². The normalized spacial score (nSPS) is 20.4. The highest BCUT2D eigenvalue weighted by atomic mass is 16.5. The van der Waals surface area contributed by atoms with Crippen molar-refractivity contribution in [3.05, 3.63) is 28.7 Å². The molecule has 2 aromatic heterocycles. The van der Waals surface area contributed by atoms with Crippen molar-refractivity contribution in [2.24, 2.45) is 7.05 Å². The van der Waals surface area contributed by atoms with Crippen LogP contribution in [0.2, 0.25) is 0 Å². The highest BCUT2D eigenvalue weighted by molar-refractivity contribution is 5.94. The minimum Gasteiger partial charge on any atom is -0.369 e. The van der Waals surface area contributed by atoms with E-state index in [1.807, 2.05) is 13.8 Å². The van der Waals surface area contributed by atoms with Gasteiger partial charge in [-0.1, -0.05) is 5.16 Å². The van der Waals surface area contributed by atoms with Gasteiger partial charge in [-0.2, -0.15) is 10.1 Å². The molecular formula is C15H21N5O3. The first-order valence-electron chi connectivity index (χ1n) is 7.62. The summed E-state index contributed by atoms with van der Waals surface area (Å²) in [6, 6.07) is 0. The fourth-order valence-electron chi connectivity index (χ4n) is 3.00. The third-order valence-electron chi connectivity index (χ3n) is 3.99. The molecule has 0 aliphatic carbocycles. The van der Waals surface area contributed by atoms with E-state index in [1.54, 1.807) is 30.6 Å². The maximum absolute atomic E-state index is 12.9. The molecule has 0 radical (unpaired) electrons. The third-order valence-corrected chi connectivity index (χ3v) is 3.99. The van der Waals surface area contributed by atoms with E-state index in [2.05, 4.69) is 15.2 Å². The molecule has 0 unspecified atom stereocenters. The molecule has 23 heavy (non-hydrogen) atoms. The molecule has 0 saturated heterocycles. The summed E-state index contributed by atoms with van der Waals surface area (Å²) < 4.78 is 12.4. The molecule has 1 amide bonds. The summed E-state index contributed by atoms with van der Waals surface area (Å²) in [5.41, 5.74) is 2.42. The molecule has 0 fully saturated rings. The molecule has 0 saturated carbocycles. The minimum atomic E-state index is -0.106. The first-order chi connectivity index (χ1) is 10.9. The van der Waals surface area contributed by atoms with E-state index < -0.39 is 0 Å². The van der Waals surface area contributed by atoms with Crippen molar-refractivity contribution in [1.29, 1.82) is 0 Å². The number of aryl methyl sites for hydroxylation is 2. The summed E-state index contributed by atoms with van der Waals surface area (Å²) >= 11 is 0. The summed E-state index contributed by atoms with van der Waals surface area (Å²) in [4.78, 5) is 18.6. The average molecular weight is 319 g/mol. The van der Waals surface area contributed by atoms with Crippen LogP contribution in [0, 0.1) is 6.92 Å². The molecule has 1 aliphatic rings. The standard InChI is InChI=1S/C15H21N5O3/c1-8-6-11-13(9(2)22-8)17-20(5)14(11)15(21)19(4)7-12-16-10(3)23-18-12/h8-9H,6-7H2,1-5H3/t8-,9+/m1/s1. The summed E-state index contributed by atoms with van der Waals surface area (Å²) in [6.07, 6.45) is 0.647. The van der Waals surface area contributed by atoms with Crippen molar-refractivity contribution in [1.82, 2.24) is 24.8 Å². The Hall–Kier alpha value is -2.22. The molecular weight excluding hydrogens is 298 g/mol. The molecule has 3 rings (SSSR count). The van der Waals surface area contributed by atoms with Gasteiger partial charge in [0.2, 0.25) is 5.89 Å². The van der Waals surface area contributed by atoms with Gasteiger partial charge >= 0.3 is 0 Å². The van der Waals surface area contributed by atoms with Crippen LogP contribution in [0.4, 0.5) is 0 Å². The smallest absolute Gasteiger partial charge is 0.272 e. The van der Waals surface area contributed by atoms with Gasteiger partial charge in [0.25, 0.3) is 5.91 Å². The second-order valence-corrected chi connectivity index (χ2v) is 6.02. The molecule has 124 valence electrons. The fraction of sp³-hybridized carbons (Fsp3) is 0.600. The monoisotopic (exact) mass is 319 g/mol. The fourth-order valence-corrected chi connectivity index (χ4v) is 3.00. The van der Waals surface area contributed by atoms with Gasteiger partial charge < -0.3 is 14.2 Å². The van der Waals surface area contributed by atoms with Crippen LogP contribution in [-0.4, -0.2) is 43.9 Å². The zero-order valence-electron chi connectivity index (χ0n) is 14.0. The second kappa shape index (κ2) is 5.77. The third kappa shape index (κ3) is 2.86. The number of hydrogen-bond donors (Lipinski definition) is 0. The molecule has 8 heteroatoms. The lowest BCUT2D eigenvalue weighted by Gasteiger charge is -2.25. The molecule has 1 aliphatic heterocycles. The number of carbonyl (C=O) groups is 1. The van der Waals surface area contributed by atoms with Crippen LogP contribution in [0.1, 0.15) is 53.4 Å². The number of carbonyl (C=O) groups excluding carboxylic acids is 1. The van der Waals surface area contributed by atoms with Crippen LogP contribution in [-0.2, 0) is 24.8 Å². The quantitative estimate of drug-likeness (QED) is 0.850. The van der Waals surface area contributed by atoms with Crippen molar-refractivity contribution in [2.75, 3.05) is 7.05 Å². The molecule has 0 spiro atoms. The Balaban J connectivity index is 1.87. The van der Waals surface area contributed by atoms with Crippen molar-refractivity contribution < 1.29 is 14.1 Å². The molecule has 0 N–H and O–H groups in total. The Labute approximate surface area is 134 Å². The number of aromatic nitrogens is 4. The topological polar surface area (TPSA) is 86.3 Å². The van der Waals surface area contributed by atoms with Crippen LogP contribution >= 0.6 is 0 Å². The van der Waals surface area contributed by atoms with E-state index in [-0.39, 0.29) is 24.7 Å². The number of nitrogens with zero attached hydrogens (tertiary/aromatic N) is 5. The number of fused-ring (bicyclic) bond motifs is 1. The van der Waals surface area contributed by atoms with E-state index in [0.717, 1.165) is 11.3 Å². The van der Waals surface area contributed by atoms with Crippen molar-refractivity contribution in [3.8, 4) is 0 Å². The van der Waals surface area contributed by atoms with Gasteiger partial charge in [-0.3, -0.25) is 9.48 Å². The Kier molecular flexibility index (Phi) is 3.93. The van der Waals surface area contributed by atoms with E-state index >= 15 is 0 Å². The van der Waals surface area contributed by atoms with Crippen LogP contribution in [0.5, 0.6) is 0 Å². The maximum atomic E-state index is 12.9. The molecule has 2 aromatic rings. The van der Waals surface area contributed by atoms with Crippen LogP contribution in [0.3, 0.4) is 0 Å². The molecule has 0 bridgehead atoms. The van der Waals surface area contributed by atoms with Gasteiger partial charge in [-0.25, -0.2) is 0 Å². The SMILES string of the molecule is Cc1nc(CN(C)C(=O)c2c3c(nn2C)[C@H](C)O[C@H](C)C3)no1. The second-order valence-electron chi connectivity index (χ2n) is 6.02. The Morgan fingerprint density at radius 1 is 1.43 bits per heavy atom.